The van der Waals surface area contributed by atoms with Crippen molar-refractivity contribution in [3.63, 3.8) is 0 Å². The number of carbonyl (C=O) groups is 1. The number of rotatable bonds is 4. The van der Waals surface area contributed by atoms with Crippen LogP contribution in [0.3, 0.4) is 0 Å². The van der Waals surface area contributed by atoms with Crippen LogP contribution in [0.4, 0.5) is 0 Å². The van der Waals surface area contributed by atoms with Gasteiger partial charge in [-0.3, -0.25) is 9.48 Å². The monoisotopic (exact) mass is 270 g/mol. The third-order valence-corrected chi connectivity index (χ3v) is 3.58. The Kier molecular flexibility index (Phi) is 4.07. The second-order valence-electron chi connectivity index (χ2n) is 5.47. The second-order valence-corrected chi connectivity index (χ2v) is 5.47. The second kappa shape index (κ2) is 5.61. The molecule has 0 saturated carbocycles. The summed E-state index contributed by atoms with van der Waals surface area (Å²) in [6.07, 6.45) is 0.416. The summed E-state index contributed by atoms with van der Waals surface area (Å²) in [5.41, 5.74) is 6.14. The number of aryl methyl sites for hydroxylation is 5. The lowest BCUT2D eigenvalue weighted by molar-refractivity contribution is 0.0989. The van der Waals surface area contributed by atoms with Crippen LogP contribution in [0.15, 0.2) is 18.2 Å². The Bertz CT molecular complexity index is 630. The molecule has 3 heteroatoms. The van der Waals surface area contributed by atoms with Crippen molar-refractivity contribution in [1.29, 1.82) is 0 Å². The fourth-order valence-electron chi connectivity index (χ4n) is 2.89. The average molecular weight is 270 g/mol. The lowest BCUT2D eigenvalue weighted by Gasteiger charge is -2.11. The SMILES string of the molecule is CCn1nc(C)cc1CC(=O)c1c(C)cc(C)cc1C. The Balaban J connectivity index is 2.33. The molecule has 1 aromatic heterocycles. The number of ketones is 1. The van der Waals surface area contributed by atoms with Gasteiger partial charge in [0.05, 0.1) is 12.1 Å². The minimum absolute atomic E-state index is 0.176. The quantitative estimate of drug-likeness (QED) is 0.796. The van der Waals surface area contributed by atoms with Gasteiger partial charge in [-0.2, -0.15) is 5.10 Å². The average Bonchev–Trinajstić information content (AvgIpc) is 2.67. The van der Waals surface area contributed by atoms with E-state index < -0.39 is 0 Å². The number of nitrogens with zero attached hydrogens (tertiary/aromatic N) is 2. The summed E-state index contributed by atoms with van der Waals surface area (Å²) in [7, 11) is 0. The molecule has 0 radical (unpaired) electrons. The number of hydrogen-bond donors (Lipinski definition) is 0. The molecule has 0 aliphatic carbocycles. The summed E-state index contributed by atoms with van der Waals surface area (Å²) in [4.78, 5) is 12.6. The molecule has 0 aliphatic rings. The molecule has 2 aromatic rings. The zero-order chi connectivity index (χ0) is 14.9. The van der Waals surface area contributed by atoms with Crippen molar-refractivity contribution >= 4 is 5.78 Å². The fourth-order valence-corrected chi connectivity index (χ4v) is 2.89. The summed E-state index contributed by atoms with van der Waals surface area (Å²) in [6, 6.07) is 6.14. The number of carbonyl (C=O) groups excluding carboxylic acids is 1. The van der Waals surface area contributed by atoms with Crippen molar-refractivity contribution in [2.75, 3.05) is 0 Å². The van der Waals surface area contributed by atoms with Crippen LogP contribution < -0.4 is 0 Å². The maximum Gasteiger partial charge on any atom is 0.169 e. The summed E-state index contributed by atoms with van der Waals surface area (Å²) < 4.78 is 1.91. The van der Waals surface area contributed by atoms with Gasteiger partial charge in [-0.05, 0) is 51.8 Å². The van der Waals surface area contributed by atoms with Crippen molar-refractivity contribution < 1.29 is 4.79 Å². The molecule has 3 nitrogen and oxygen atoms in total. The van der Waals surface area contributed by atoms with Crippen molar-refractivity contribution in [2.24, 2.45) is 0 Å². The van der Waals surface area contributed by atoms with Gasteiger partial charge in [-0.25, -0.2) is 0 Å². The summed E-state index contributed by atoms with van der Waals surface area (Å²) in [5, 5.41) is 4.40. The number of aromatic nitrogens is 2. The van der Waals surface area contributed by atoms with Gasteiger partial charge in [0.25, 0.3) is 0 Å². The van der Waals surface area contributed by atoms with Crippen molar-refractivity contribution in [3.05, 3.63) is 51.8 Å². The third-order valence-electron chi connectivity index (χ3n) is 3.58. The molecule has 0 aliphatic heterocycles. The number of benzene rings is 1. The smallest absolute Gasteiger partial charge is 0.169 e. The van der Waals surface area contributed by atoms with E-state index >= 15 is 0 Å². The van der Waals surface area contributed by atoms with Crippen molar-refractivity contribution in [2.45, 2.75) is 47.6 Å². The van der Waals surface area contributed by atoms with E-state index in [1.807, 2.05) is 38.4 Å². The molecule has 0 amide bonds. The molecule has 0 bridgehead atoms. The Morgan fingerprint density at radius 1 is 1.10 bits per heavy atom. The lowest BCUT2D eigenvalue weighted by atomic mass is 9.94. The minimum Gasteiger partial charge on any atom is -0.294 e. The Labute approximate surface area is 120 Å². The largest absolute Gasteiger partial charge is 0.294 e. The lowest BCUT2D eigenvalue weighted by Crippen LogP contribution is -2.12. The molecule has 2 rings (SSSR count). The predicted molar refractivity (Wildman–Crippen MR) is 81.3 cm³/mol. The van der Waals surface area contributed by atoms with Gasteiger partial charge in [0, 0.05) is 17.8 Å². The maximum atomic E-state index is 12.6. The Hall–Kier alpha value is -1.90. The highest BCUT2D eigenvalue weighted by molar-refractivity contribution is 6.00. The van der Waals surface area contributed by atoms with Crippen LogP contribution in [0.2, 0.25) is 0 Å². The maximum absolute atomic E-state index is 12.6. The van der Waals surface area contributed by atoms with E-state index in [1.165, 1.54) is 5.56 Å². The van der Waals surface area contributed by atoms with E-state index in [2.05, 4.69) is 24.2 Å². The Morgan fingerprint density at radius 3 is 2.25 bits per heavy atom. The van der Waals surface area contributed by atoms with Crippen LogP contribution in [0, 0.1) is 27.7 Å². The molecular formula is C17H22N2O. The van der Waals surface area contributed by atoms with Crippen LogP contribution in [0.25, 0.3) is 0 Å². The zero-order valence-corrected chi connectivity index (χ0v) is 12.9. The van der Waals surface area contributed by atoms with Gasteiger partial charge in [0.2, 0.25) is 0 Å². The van der Waals surface area contributed by atoms with E-state index in [9.17, 15) is 4.79 Å². The zero-order valence-electron chi connectivity index (χ0n) is 12.9. The standard InChI is InChI=1S/C17H22N2O/c1-6-19-15(9-14(5)18-19)10-16(20)17-12(3)7-11(2)8-13(17)4/h7-9H,6,10H2,1-5H3. The summed E-state index contributed by atoms with van der Waals surface area (Å²) in [5.74, 6) is 0.176. The molecule has 0 fully saturated rings. The predicted octanol–water partition coefficient (Wildman–Crippen LogP) is 3.56. The molecule has 1 aromatic carbocycles. The Morgan fingerprint density at radius 2 is 1.70 bits per heavy atom. The highest BCUT2D eigenvalue weighted by atomic mass is 16.1. The van der Waals surface area contributed by atoms with Gasteiger partial charge in [-0.1, -0.05) is 17.7 Å². The first-order valence-corrected chi connectivity index (χ1v) is 7.06. The van der Waals surface area contributed by atoms with E-state index in [-0.39, 0.29) is 5.78 Å². The molecule has 106 valence electrons. The highest BCUT2D eigenvalue weighted by Crippen LogP contribution is 2.19. The molecular weight excluding hydrogens is 248 g/mol. The first-order chi connectivity index (χ1) is 9.42. The van der Waals surface area contributed by atoms with E-state index in [0.717, 1.165) is 34.6 Å². The molecule has 20 heavy (non-hydrogen) atoms. The van der Waals surface area contributed by atoms with Gasteiger partial charge < -0.3 is 0 Å². The van der Waals surface area contributed by atoms with E-state index in [1.54, 1.807) is 0 Å². The molecule has 1 heterocycles. The minimum atomic E-state index is 0.176. The van der Waals surface area contributed by atoms with E-state index in [4.69, 9.17) is 0 Å². The normalized spacial score (nSPS) is 10.8. The molecule has 0 unspecified atom stereocenters. The van der Waals surface area contributed by atoms with Gasteiger partial charge in [-0.15, -0.1) is 0 Å². The van der Waals surface area contributed by atoms with Gasteiger partial charge in [0.15, 0.2) is 5.78 Å². The van der Waals surface area contributed by atoms with Crippen molar-refractivity contribution in [1.82, 2.24) is 9.78 Å². The topological polar surface area (TPSA) is 34.9 Å². The van der Waals surface area contributed by atoms with Gasteiger partial charge >= 0.3 is 0 Å². The third kappa shape index (κ3) is 2.82. The van der Waals surface area contributed by atoms with Crippen LogP contribution >= 0.6 is 0 Å². The summed E-state index contributed by atoms with van der Waals surface area (Å²) in [6.45, 7) is 10.9. The first kappa shape index (κ1) is 14.5. The van der Waals surface area contributed by atoms with Crippen LogP contribution in [-0.2, 0) is 13.0 Å². The van der Waals surface area contributed by atoms with Crippen molar-refractivity contribution in [3.8, 4) is 0 Å². The van der Waals surface area contributed by atoms with Crippen LogP contribution in [0.1, 0.15) is 45.4 Å². The number of Topliss-reactive ketones (excluding diaryl/α,β-unsaturated/α-hetero) is 1. The van der Waals surface area contributed by atoms with Gasteiger partial charge in [0.1, 0.15) is 0 Å². The first-order valence-electron chi connectivity index (χ1n) is 7.06. The summed E-state index contributed by atoms with van der Waals surface area (Å²) >= 11 is 0. The molecule has 0 spiro atoms. The van der Waals surface area contributed by atoms with E-state index in [0.29, 0.717) is 6.42 Å². The number of hydrogen-bond acceptors (Lipinski definition) is 2. The van der Waals surface area contributed by atoms with Crippen LogP contribution in [-0.4, -0.2) is 15.6 Å². The fraction of sp³-hybridized carbons (Fsp3) is 0.412. The molecule has 0 N–H and O–H groups in total. The molecule has 0 saturated heterocycles. The van der Waals surface area contributed by atoms with Crippen LogP contribution in [0.5, 0.6) is 0 Å². The molecule has 0 atom stereocenters. The highest BCUT2D eigenvalue weighted by Gasteiger charge is 2.16.